The van der Waals surface area contributed by atoms with Crippen LogP contribution in [0, 0.1) is 0 Å². The second-order valence-corrected chi connectivity index (χ2v) is 24.5. The average Bonchev–Trinajstić information content (AvgIpc) is 3.89. The predicted octanol–water partition coefficient (Wildman–Crippen LogP) is 16.2. The van der Waals surface area contributed by atoms with E-state index in [2.05, 4.69) is 227 Å². The zero-order valence-electron chi connectivity index (χ0n) is 46.9. The molecule has 0 saturated carbocycles. The Labute approximate surface area is 448 Å². The maximum atomic E-state index is 5.92. The molecule has 0 unspecified atom stereocenters. The maximum absolute atomic E-state index is 5.92. The summed E-state index contributed by atoms with van der Waals surface area (Å²) in [6, 6.07) is 49.4. The topological polar surface area (TPSA) is 87.8 Å². The second kappa shape index (κ2) is 23.3. The van der Waals surface area contributed by atoms with Gasteiger partial charge in [-0.15, -0.1) is 5.10 Å². The number of hydrogen-bond donors (Lipinski definition) is 0. The van der Waals surface area contributed by atoms with Crippen LogP contribution in [0.5, 0.6) is 11.5 Å². The third kappa shape index (κ3) is 15.1. The Morgan fingerprint density at radius 1 is 0.387 bits per heavy atom. The van der Waals surface area contributed by atoms with Crippen LogP contribution in [-0.4, -0.2) is 43.2 Å². The normalized spacial score (nSPS) is 14.1. The van der Waals surface area contributed by atoms with E-state index in [1.54, 1.807) is 0 Å². The van der Waals surface area contributed by atoms with E-state index in [1.165, 1.54) is 33.4 Å². The highest BCUT2D eigenvalue weighted by Gasteiger charge is 2.24. The molecule has 390 valence electrons. The summed E-state index contributed by atoms with van der Waals surface area (Å²) in [6.07, 6.45) is 10.0. The molecule has 7 heterocycles. The molecular weight excluding hydrogens is 921 g/mol. The number of benzene rings is 4. The van der Waals surface area contributed by atoms with Crippen molar-refractivity contribution in [3.63, 3.8) is 0 Å². The molecule has 0 fully saturated rings. The summed E-state index contributed by atoms with van der Waals surface area (Å²) in [7, 11) is 0. The monoisotopic (exact) mass is 1000 g/mol. The molecule has 75 heavy (non-hydrogen) atoms. The lowest BCUT2D eigenvalue weighted by Crippen LogP contribution is -2.17. The first-order valence-corrected chi connectivity index (χ1v) is 27.2. The minimum absolute atomic E-state index is 0.0306. The van der Waals surface area contributed by atoms with Crippen LogP contribution < -0.4 is 9.47 Å². The van der Waals surface area contributed by atoms with E-state index < -0.39 is 0 Å². The first-order chi connectivity index (χ1) is 35.6. The lowest BCUT2D eigenvalue weighted by Gasteiger charge is -2.26. The number of ether oxygens (including phenoxy) is 2. The second-order valence-electron chi connectivity index (χ2n) is 24.5. The summed E-state index contributed by atoms with van der Waals surface area (Å²) in [5, 5.41) is 9.08. The van der Waals surface area contributed by atoms with Gasteiger partial charge in [0.05, 0.1) is 47.9 Å². The van der Waals surface area contributed by atoms with E-state index >= 15 is 0 Å². The van der Waals surface area contributed by atoms with Gasteiger partial charge in [-0.2, -0.15) is 0 Å². The summed E-state index contributed by atoms with van der Waals surface area (Å²) in [5.41, 5.74) is 16.8. The van der Waals surface area contributed by atoms with Crippen molar-refractivity contribution >= 4 is 0 Å². The smallest absolute Gasteiger partial charge is 0.131 e. The van der Waals surface area contributed by atoms with Crippen molar-refractivity contribution in [2.24, 2.45) is 0 Å². The Balaban J connectivity index is 0.000000200. The number of rotatable bonds is 3. The molecule has 0 radical (unpaired) electrons. The Kier molecular flexibility index (Phi) is 16.9. The van der Waals surface area contributed by atoms with Crippen molar-refractivity contribution < 1.29 is 9.47 Å². The Morgan fingerprint density at radius 3 is 1.23 bits per heavy atom. The van der Waals surface area contributed by atoms with Crippen LogP contribution in [0.2, 0.25) is 0 Å². The molecule has 3 aliphatic heterocycles. The van der Waals surface area contributed by atoms with Crippen molar-refractivity contribution in [3.8, 4) is 51.2 Å². The molecule has 0 aliphatic carbocycles. The molecule has 0 saturated heterocycles. The zero-order valence-corrected chi connectivity index (χ0v) is 46.9. The zero-order chi connectivity index (χ0) is 53.4. The van der Waals surface area contributed by atoms with Gasteiger partial charge >= 0.3 is 0 Å². The van der Waals surface area contributed by atoms with Crippen LogP contribution in [0.1, 0.15) is 154 Å². The third-order valence-corrected chi connectivity index (χ3v) is 14.0. The van der Waals surface area contributed by atoms with Crippen molar-refractivity contribution in [3.05, 3.63) is 190 Å². The molecule has 0 atom stereocenters. The number of aromatic nitrogens is 6. The molecule has 8 heteroatoms. The first kappa shape index (κ1) is 54.3. The van der Waals surface area contributed by atoms with E-state index in [4.69, 9.17) is 24.4 Å². The number of fused-ring (bicyclic) bond motifs is 2. The van der Waals surface area contributed by atoms with Crippen LogP contribution >= 0.6 is 0 Å². The fourth-order valence-corrected chi connectivity index (χ4v) is 9.06. The summed E-state index contributed by atoms with van der Waals surface area (Å²) < 4.78 is 13.7. The van der Waals surface area contributed by atoms with Gasteiger partial charge in [0.25, 0.3) is 0 Å². The third-order valence-electron chi connectivity index (χ3n) is 14.0. The Hall–Kier alpha value is -6.93. The van der Waals surface area contributed by atoms with E-state index in [-0.39, 0.29) is 21.7 Å². The van der Waals surface area contributed by atoms with E-state index in [1.807, 2.05) is 16.9 Å². The summed E-state index contributed by atoms with van der Waals surface area (Å²) >= 11 is 0. The number of aryl methyl sites for hydroxylation is 4. The maximum Gasteiger partial charge on any atom is 0.131 e. The Morgan fingerprint density at radius 2 is 0.787 bits per heavy atom. The minimum Gasteiger partial charge on any atom is -0.494 e. The molecule has 8 nitrogen and oxygen atoms in total. The molecule has 0 N–H and O–H groups in total. The van der Waals surface area contributed by atoms with Crippen molar-refractivity contribution in [1.29, 1.82) is 0 Å². The van der Waals surface area contributed by atoms with Gasteiger partial charge in [-0.05, 0) is 191 Å². The van der Waals surface area contributed by atoms with Crippen LogP contribution in [0.3, 0.4) is 0 Å². The Bertz CT molecular complexity index is 2980. The van der Waals surface area contributed by atoms with Gasteiger partial charge in [-0.25, -0.2) is 9.67 Å². The van der Waals surface area contributed by atoms with Crippen LogP contribution in [0.25, 0.3) is 39.7 Å². The molecule has 4 aromatic heterocycles. The molecule has 11 rings (SSSR count). The average molecular weight is 1000 g/mol. The van der Waals surface area contributed by atoms with Crippen LogP contribution in [-0.2, 0) is 47.3 Å². The van der Waals surface area contributed by atoms with E-state index in [0.29, 0.717) is 13.2 Å². The first-order valence-electron chi connectivity index (χ1n) is 27.2. The summed E-state index contributed by atoms with van der Waals surface area (Å²) in [5.74, 6) is 1.86. The highest BCUT2D eigenvalue weighted by atomic mass is 16.5. The van der Waals surface area contributed by atoms with Gasteiger partial charge in [0.2, 0.25) is 0 Å². The van der Waals surface area contributed by atoms with E-state index in [0.717, 1.165) is 114 Å². The van der Waals surface area contributed by atoms with Crippen LogP contribution in [0.4, 0.5) is 0 Å². The minimum atomic E-state index is 0.0306. The van der Waals surface area contributed by atoms with Crippen molar-refractivity contribution in [2.45, 2.75) is 156 Å². The summed E-state index contributed by atoms with van der Waals surface area (Å²) in [4.78, 5) is 14.9. The van der Waals surface area contributed by atoms with Crippen molar-refractivity contribution in [2.75, 3.05) is 13.2 Å². The van der Waals surface area contributed by atoms with Gasteiger partial charge in [0.15, 0.2) is 0 Å². The van der Waals surface area contributed by atoms with Gasteiger partial charge in [-0.3, -0.25) is 9.97 Å². The van der Waals surface area contributed by atoms with Crippen LogP contribution in [0.15, 0.2) is 146 Å². The quantitative estimate of drug-likeness (QED) is 0.174. The fraction of sp³-hybridized carbons (Fsp3) is 0.388. The van der Waals surface area contributed by atoms with Gasteiger partial charge in [-0.1, -0.05) is 143 Å². The molecular formula is C67H80N6O2. The largest absolute Gasteiger partial charge is 0.494 e. The predicted molar refractivity (Wildman–Crippen MR) is 309 cm³/mol. The molecule has 3 aliphatic rings. The molecule has 8 bridgehead atoms. The lowest BCUT2D eigenvalue weighted by molar-refractivity contribution is 0.266. The number of pyridine rings is 3. The molecule has 4 aromatic carbocycles. The molecule has 0 spiro atoms. The summed E-state index contributed by atoms with van der Waals surface area (Å²) in [6.45, 7) is 28.5. The van der Waals surface area contributed by atoms with E-state index in [9.17, 15) is 0 Å². The van der Waals surface area contributed by atoms with Gasteiger partial charge < -0.3 is 9.47 Å². The number of hydrogen-bond acceptors (Lipinski definition) is 7. The highest BCUT2D eigenvalue weighted by Crippen LogP contribution is 2.35. The number of nitrogens with zero attached hydrogens (tertiary/aromatic N) is 6. The fourth-order valence-electron chi connectivity index (χ4n) is 9.06. The standard InChI is InChI=1S/C35H46N4.C32H34N2O2/c1-32(2,3)24-16-23(17-25(18-24)33(4,5)6)29-14-13-15-30(36-29)31-22-39(38-37-31)28-20-26(34(7,8)9)19-27(21-28)35(10,11)12;1-2-24-36-30-21-17-26(18-22-30)8-4-10-28-12-6-14-32(34-28)31-13-5-11-27(33-31)9-3-7-25-15-19-29(20-16-25)35-23-1/h13-22H,1-12H3;5-6,11-22H,1-4,7-10,23-24H2. The lowest BCUT2D eigenvalue weighted by atomic mass is 9.79. The SMILES string of the molecule is CC(C)(C)c1cc(-c2cccc(-c3cn(-c4cc(C(C)(C)C)cc(C(C)(C)C)c4)nn3)n2)cc(C(C)(C)C)c1.c1cc2nc(c1)-c1cccc(n1)CCCc1ccc(cc1)OCCCCOc1ccc(cc1)CCC2. The van der Waals surface area contributed by atoms with Gasteiger partial charge in [0.1, 0.15) is 17.2 Å². The highest BCUT2D eigenvalue weighted by molar-refractivity contribution is 5.66. The van der Waals surface area contributed by atoms with Crippen molar-refractivity contribution in [1.82, 2.24) is 29.9 Å². The molecule has 8 aromatic rings. The molecule has 0 amide bonds. The van der Waals surface area contributed by atoms with Gasteiger partial charge in [0, 0.05) is 17.0 Å².